The third kappa shape index (κ3) is 2.34. The van der Waals surface area contributed by atoms with E-state index >= 15 is 0 Å². The zero-order valence-electron chi connectivity index (χ0n) is 6.37. The Bertz CT molecular complexity index is 234. The standard InChI is InChI=1S/C6H8N3OS/c1-3-5(10)7-6-9-8-4(2)11-6/h3H2,1-2H3. The van der Waals surface area contributed by atoms with Gasteiger partial charge in [0.05, 0.1) is 0 Å². The Hall–Kier alpha value is -0.840. The van der Waals surface area contributed by atoms with Crippen LogP contribution in [0.4, 0.5) is 0 Å². The molecule has 0 saturated carbocycles. The van der Waals surface area contributed by atoms with Crippen molar-refractivity contribution in [2.45, 2.75) is 20.3 Å². The summed E-state index contributed by atoms with van der Waals surface area (Å²) in [5.74, 6) is -0.152. The smallest absolute Gasteiger partial charge is 0.247 e. The molecule has 59 valence electrons. The molecule has 0 spiro atoms. The minimum Gasteiger partial charge on any atom is -0.273 e. The molecule has 1 radical (unpaired) electrons. The maximum absolute atomic E-state index is 10.8. The van der Waals surface area contributed by atoms with E-state index in [2.05, 4.69) is 15.5 Å². The van der Waals surface area contributed by atoms with Gasteiger partial charge in [-0.05, 0) is 18.7 Å². The van der Waals surface area contributed by atoms with Gasteiger partial charge < -0.3 is 0 Å². The van der Waals surface area contributed by atoms with Crippen LogP contribution in [0, 0.1) is 0 Å². The Morgan fingerprint density at radius 1 is 1.73 bits per heavy atom. The van der Waals surface area contributed by atoms with E-state index in [0.29, 0.717) is 11.6 Å². The van der Waals surface area contributed by atoms with Gasteiger partial charge in [0.25, 0.3) is 0 Å². The molecule has 11 heavy (non-hydrogen) atoms. The highest BCUT2D eigenvalue weighted by Crippen LogP contribution is 2.12. The summed E-state index contributed by atoms with van der Waals surface area (Å²) < 4.78 is 0. The van der Waals surface area contributed by atoms with E-state index in [4.69, 9.17) is 0 Å². The maximum atomic E-state index is 10.8. The Balaban J connectivity index is 2.52. The number of aliphatic imine (C=N–C) groups is 1. The van der Waals surface area contributed by atoms with Gasteiger partial charge in [-0.3, -0.25) is 4.79 Å². The largest absolute Gasteiger partial charge is 0.273 e. The van der Waals surface area contributed by atoms with Crippen molar-refractivity contribution in [3.63, 3.8) is 0 Å². The summed E-state index contributed by atoms with van der Waals surface area (Å²) in [5.41, 5.74) is 3.68. The molecule has 0 bridgehead atoms. The lowest BCUT2D eigenvalue weighted by Gasteiger charge is -1.88. The molecular formula is C6H8N3OS. The molecule has 0 fully saturated rings. The third-order valence-corrected chi connectivity index (χ3v) is 1.77. The average Bonchev–Trinajstić information content (AvgIpc) is 2.35. The molecule has 0 aromatic carbocycles. The molecule has 0 N–H and O–H groups in total. The fourth-order valence-electron chi connectivity index (χ4n) is 0.517. The Morgan fingerprint density at radius 2 is 2.45 bits per heavy atom. The normalized spacial score (nSPS) is 19.8. The SMILES string of the molecule is CCC(=O)N=C1[N]N=C(C)S1. The Morgan fingerprint density at radius 3 is 2.91 bits per heavy atom. The van der Waals surface area contributed by atoms with E-state index in [9.17, 15) is 4.79 Å². The Kier molecular flexibility index (Phi) is 2.64. The number of rotatable bonds is 1. The first-order valence-corrected chi connectivity index (χ1v) is 4.08. The van der Waals surface area contributed by atoms with Crippen LogP contribution in [0.5, 0.6) is 0 Å². The molecule has 1 heterocycles. The maximum Gasteiger partial charge on any atom is 0.247 e. The molecule has 0 aliphatic carbocycles. The predicted octanol–water partition coefficient (Wildman–Crippen LogP) is 0.964. The third-order valence-electron chi connectivity index (χ3n) is 1.04. The van der Waals surface area contributed by atoms with Crippen molar-refractivity contribution >= 4 is 27.9 Å². The predicted molar refractivity (Wildman–Crippen MR) is 45.6 cm³/mol. The number of amides is 1. The number of carbonyl (C=O) groups excluding carboxylic acids is 1. The second kappa shape index (κ2) is 3.52. The Labute approximate surface area is 69.2 Å². The minimum atomic E-state index is -0.152. The van der Waals surface area contributed by atoms with Crippen LogP contribution < -0.4 is 5.43 Å². The molecule has 1 aliphatic heterocycles. The summed E-state index contributed by atoms with van der Waals surface area (Å²) in [6.45, 7) is 3.59. The zero-order chi connectivity index (χ0) is 8.27. The topological polar surface area (TPSA) is 55.9 Å². The lowest BCUT2D eigenvalue weighted by molar-refractivity contribution is -0.117. The number of hydrogen-bond acceptors (Lipinski definition) is 3. The van der Waals surface area contributed by atoms with Gasteiger partial charge in [-0.15, -0.1) is 10.5 Å². The second-order valence-electron chi connectivity index (χ2n) is 1.96. The number of thioether (sulfide) groups is 1. The highest BCUT2D eigenvalue weighted by Gasteiger charge is 2.12. The molecule has 0 saturated heterocycles. The molecule has 1 rings (SSSR count). The molecule has 4 nitrogen and oxygen atoms in total. The van der Waals surface area contributed by atoms with Crippen LogP contribution in [0.3, 0.4) is 0 Å². The average molecular weight is 170 g/mol. The first kappa shape index (κ1) is 8.26. The quantitative estimate of drug-likeness (QED) is 0.588. The van der Waals surface area contributed by atoms with E-state index in [1.807, 2.05) is 6.92 Å². The van der Waals surface area contributed by atoms with Crippen molar-refractivity contribution < 1.29 is 4.79 Å². The summed E-state index contributed by atoms with van der Waals surface area (Å²) in [4.78, 5) is 14.5. The van der Waals surface area contributed by atoms with Crippen LogP contribution in [0.25, 0.3) is 0 Å². The van der Waals surface area contributed by atoms with Crippen LogP contribution in [-0.2, 0) is 4.79 Å². The molecule has 5 heteroatoms. The van der Waals surface area contributed by atoms with Crippen molar-refractivity contribution in [2.24, 2.45) is 10.1 Å². The monoisotopic (exact) mass is 170 g/mol. The minimum absolute atomic E-state index is 0.152. The highest BCUT2D eigenvalue weighted by molar-refractivity contribution is 8.26. The zero-order valence-corrected chi connectivity index (χ0v) is 7.18. The molecule has 0 atom stereocenters. The van der Waals surface area contributed by atoms with Crippen molar-refractivity contribution in [3.8, 4) is 0 Å². The van der Waals surface area contributed by atoms with E-state index in [1.165, 1.54) is 11.8 Å². The highest BCUT2D eigenvalue weighted by atomic mass is 32.2. The summed E-state index contributed by atoms with van der Waals surface area (Å²) in [6, 6.07) is 0. The van der Waals surface area contributed by atoms with E-state index in [0.717, 1.165) is 5.04 Å². The van der Waals surface area contributed by atoms with Gasteiger partial charge in [-0.2, -0.15) is 4.99 Å². The summed E-state index contributed by atoms with van der Waals surface area (Å²) in [6.07, 6.45) is 0.415. The van der Waals surface area contributed by atoms with Gasteiger partial charge in [-0.25, -0.2) is 0 Å². The van der Waals surface area contributed by atoms with Gasteiger partial charge in [0.1, 0.15) is 5.04 Å². The number of amidine groups is 1. The first-order valence-electron chi connectivity index (χ1n) is 3.27. The van der Waals surface area contributed by atoms with Gasteiger partial charge >= 0.3 is 0 Å². The van der Waals surface area contributed by atoms with E-state index < -0.39 is 0 Å². The van der Waals surface area contributed by atoms with Crippen LogP contribution in [0.1, 0.15) is 20.3 Å². The van der Waals surface area contributed by atoms with Gasteiger partial charge in [0, 0.05) is 6.42 Å². The molecule has 1 aliphatic rings. The van der Waals surface area contributed by atoms with Gasteiger partial charge in [0.15, 0.2) is 0 Å². The lowest BCUT2D eigenvalue weighted by atomic mass is 10.5. The van der Waals surface area contributed by atoms with Crippen LogP contribution in [-0.4, -0.2) is 16.1 Å². The lowest BCUT2D eigenvalue weighted by Crippen LogP contribution is -2.03. The van der Waals surface area contributed by atoms with Gasteiger partial charge in [0.2, 0.25) is 11.1 Å². The van der Waals surface area contributed by atoms with E-state index in [-0.39, 0.29) is 5.91 Å². The first-order chi connectivity index (χ1) is 5.22. The van der Waals surface area contributed by atoms with E-state index in [1.54, 1.807) is 6.92 Å². The molecule has 0 aromatic heterocycles. The molecule has 0 unspecified atom stereocenters. The van der Waals surface area contributed by atoms with Crippen molar-refractivity contribution in [1.29, 1.82) is 0 Å². The summed E-state index contributed by atoms with van der Waals surface area (Å²) >= 11 is 1.32. The van der Waals surface area contributed by atoms with Crippen molar-refractivity contribution in [3.05, 3.63) is 0 Å². The van der Waals surface area contributed by atoms with Crippen LogP contribution >= 0.6 is 11.8 Å². The van der Waals surface area contributed by atoms with Crippen LogP contribution in [0.15, 0.2) is 10.1 Å². The fourth-order valence-corrected chi connectivity index (χ4v) is 1.09. The number of nitrogens with zero attached hydrogens (tertiary/aromatic N) is 3. The van der Waals surface area contributed by atoms with Crippen molar-refractivity contribution in [1.82, 2.24) is 5.43 Å². The molecular weight excluding hydrogens is 162 g/mol. The van der Waals surface area contributed by atoms with Gasteiger partial charge in [-0.1, -0.05) is 6.92 Å². The molecule has 1 amide bonds. The summed E-state index contributed by atoms with van der Waals surface area (Å²) in [5, 5.41) is 5.01. The molecule has 0 aromatic rings. The number of carbonyl (C=O) groups is 1. The van der Waals surface area contributed by atoms with Crippen molar-refractivity contribution in [2.75, 3.05) is 0 Å². The van der Waals surface area contributed by atoms with Crippen LogP contribution in [0.2, 0.25) is 0 Å². The fraction of sp³-hybridized carbons (Fsp3) is 0.500. The summed E-state index contributed by atoms with van der Waals surface area (Å²) in [7, 11) is 0. The number of hydrogen-bond donors (Lipinski definition) is 0. The second-order valence-corrected chi connectivity index (χ2v) is 3.12.